The number of rotatable bonds is 3. The number of nitrogens with one attached hydrogen (secondary N) is 1. The van der Waals surface area contributed by atoms with E-state index in [-0.39, 0.29) is 5.97 Å². The zero-order chi connectivity index (χ0) is 14.7. The Labute approximate surface area is 125 Å². The van der Waals surface area contributed by atoms with Gasteiger partial charge < -0.3 is 15.0 Å². The maximum absolute atomic E-state index is 11.8. The standard InChI is InChI=1S/C15H21ClN2O2/c1-10-8-12(6-7-18(10)2)17-14-5-4-11(16)9-13(14)15(19)20-3/h4-5,9-10,12,17H,6-8H2,1-3H3. The molecule has 0 radical (unpaired) electrons. The Morgan fingerprint density at radius 1 is 1.50 bits per heavy atom. The van der Waals surface area contributed by atoms with E-state index in [0.717, 1.165) is 25.1 Å². The number of methoxy groups -OCH3 is 1. The van der Waals surface area contributed by atoms with Crippen molar-refractivity contribution >= 4 is 23.3 Å². The van der Waals surface area contributed by atoms with Gasteiger partial charge in [0.25, 0.3) is 0 Å². The highest BCUT2D eigenvalue weighted by Gasteiger charge is 2.24. The number of anilines is 1. The molecule has 4 nitrogen and oxygen atoms in total. The number of piperidine rings is 1. The Morgan fingerprint density at radius 3 is 2.90 bits per heavy atom. The largest absolute Gasteiger partial charge is 0.465 e. The van der Waals surface area contributed by atoms with Crippen LogP contribution in [-0.4, -0.2) is 43.7 Å². The lowest BCUT2D eigenvalue weighted by Crippen LogP contribution is -2.42. The lowest BCUT2D eigenvalue weighted by molar-refractivity contribution is 0.0601. The molecule has 0 aliphatic carbocycles. The van der Waals surface area contributed by atoms with E-state index < -0.39 is 0 Å². The highest BCUT2D eigenvalue weighted by molar-refractivity contribution is 6.31. The Bertz CT molecular complexity index is 493. The van der Waals surface area contributed by atoms with E-state index >= 15 is 0 Å². The number of hydrogen-bond acceptors (Lipinski definition) is 4. The number of likely N-dealkylation sites (tertiary alicyclic amines) is 1. The smallest absolute Gasteiger partial charge is 0.340 e. The van der Waals surface area contributed by atoms with Gasteiger partial charge in [0.05, 0.1) is 12.7 Å². The average Bonchev–Trinajstić information content (AvgIpc) is 2.44. The molecule has 1 aromatic carbocycles. The lowest BCUT2D eigenvalue weighted by Gasteiger charge is -2.36. The molecule has 1 aromatic rings. The van der Waals surface area contributed by atoms with Crippen LogP contribution in [0.5, 0.6) is 0 Å². The van der Waals surface area contributed by atoms with E-state index in [1.165, 1.54) is 7.11 Å². The van der Waals surface area contributed by atoms with Crippen LogP contribution in [0.3, 0.4) is 0 Å². The van der Waals surface area contributed by atoms with Crippen molar-refractivity contribution in [1.82, 2.24) is 4.90 Å². The van der Waals surface area contributed by atoms with Gasteiger partial charge in [-0.2, -0.15) is 0 Å². The Hall–Kier alpha value is -1.26. The third kappa shape index (κ3) is 3.44. The number of carbonyl (C=O) groups is 1. The summed E-state index contributed by atoms with van der Waals surface area (Å²) in [5.74, 6) is -0.365. The minimum Gasteiger partial charge on any atom is -0.465 e. The first-order valence-electron chi connectivity index (χ1n) is 6.86. The van der Waals surface area contributed by atoms with Crippen molar-refractivity contribution in [3.05, 3.63) is 28.8 Å². The van der Waals surface area contributed by atoms with Gasteiger partial charge in [0, 0.05) is 29.3 Å². The molecule has 1 aliphatic heterocycles. The van der Waals surface area contributed by atoms with Gasteiger partial charge in [-0.15, -0.1) is 0 Å². The molecule has 2 unspecified atom stereocenters. The Kier molecular flexibility index (Phi) is 4.89. The third-order valence-corrected chi connectivity index (χ3v) is 4.19. The summed E-state index contributed by atoms with van der Waals surface area (Å²) in [5.41, 5.74) is 1.29. The molecule has 0 bridgehead atoms. The summed E-state index contributed by atoms with van der Waals surface area (Å²) in [6.45, 7) is 3.27. The zero-order valence-electron chi connectivity index (χ0n) is 12.1. The van der Waals surface area contributed by atoms with Gasteiger partial charge in [0.1, 0.15) is 0 Å². The van der Waals surface area contributed by atoms with Crippen LogP contribution in [0, 0.1) is 0 Å². The van der Waals surface area contributed by atoms with Crippen LogP contribution < -0.4 is 5.32 Å². The normalized spacial score (nSPS) is 23.4. The Morgan fingerprint density at radius 2 is 2.25 bits per heavy atom. The number of halogens is 1. The first-order chi connectivity index (χ1) is 9.51. The zero-order valence-corrected chi connectivity index (χ0v) is 12.9. The minimum atomic E-state index is -0.365. The van der Waals surface area contributed by atoms with Gasteiger partial charge in [-0.05, 0) is 45.0 Å². The van der Waals surface area contributed by atoms with Gasteiger partial charge in [-0.1, -0.05) is 11.6 Å². The lowest BCUT2D eigenvalue weighted by atomic mass is 9.98. The van der Waals surface area contributed by atoms with Gasteiger partial charge >= 0.3 is 5.97 Å². The molecule has 0 spiro atoms. The molecule has 0 aromatic heterocycles. The molecule has 0 amide bonds. The predicted molar refractivity (Wildman–Crippen MR) is 81.5 cm³/mol. The monoisotopic (exact) mass is 296 g/mol. The molecule has 2 atom stereocenters. The third-order valence-electron chi connectivity index (χ3n) is 3.95. The van der Waals surface area contributed by atoms with E-state index in [0.29, 0.717) is 22.7 Å². The van der Waals surface area contributed by atoms with E-state index in [2.05, 4.69) is 24.2 Å². The summed E-state index contributed by atoms with van der Waals surface area (Å²) in [6.07, 6.45) is 2.11. The molecule has 1 fully saturated rings. The fraction of sp³-hybridized carbons (Fsp3) is 0.533. The van der Waals surface area contributed by atoms with E-state index in [4.69, 9.17) is 16.3 Å². The summed E-state index contributed by atoms with van der Waals surface area (Å²) in [5, 5.41) is 3.99. The first-order valence-corrected chi connectivity index (χ1v) is 7.23. The van der Waals surface area contributed by atoms with Crippen LogP contribution in [0.2, 0.25) is 5.02 Å². The van der Waals surface area contributed by atoms with Crippen molar-refractivity contribution in [3.8, 4) is 0 Å². The van der Waals surface area contributed by atoms with Crippen LogP contribution in [-0.2, 0) is 4.74 Å². The fourth-order valence-electron chi connectivity index (χ4n) is 2.56. The second kappa shape index (κ2) is 6.46. The molecule has 0 saturated carbocycles. The molecular weight excluding hydrogens is 276 g/mol. The number of ether oxygens (including phenoxy) is 1. The molecule has 110 valence electrons. The van der Waals surface area contributed by atoms with Crippen molar-refractivity contribution in [2.45, 2.75) is 31.8 Å². The predicted octanol–water partition coefficient (Wildman–Crippen LogP) is 3.02. The van der Waals surface area contributed by atoms with Crippen LogP contribution in [0.25, 0.3) is 0 Å². The van der Waals surface area contributed by atoms with Gasteiger partial charge in [-0.25, -0.2) is 4.79 Å². The van der Waals surface area contributed by atoms with Crippen LogP contribution >= 0.6 is 11.6 Å². The number of carbonyl (C=O) groups excluding carboxylic acids is 1. The van der Waals surface area contributed by atoms with Crippen molar-refractivity contribution in [2.75, 3.05) is 26.0 Å². The number of nitrogens with zero attached hydrogens (tertiary/aromatic N) is 1. The SMILES string of the molecule is COC(=O)c1cc(Cl)ccc1NC1CCN(C)C(C)C1. The van der Waals surface area contributed by atoms with Crippen molar-refractivity contribution in [1.29, 1.82) is 0 Å². The molecule has 20 heavy (non-hydrogen) atoms. The van der Waals surface area contributed by atoms with Crippen LogP contribution in [0.1, 0.15) is 30.1 Å². The van der Waals surface area contributed by atoms with Crippen LogP contribution in [0.15, 0.2) is 18.2 Å². The first kappa shape index (κ1) is 15.1. The maximum Gasteiger partial charge on any atom is 0.340 e. The summed E-state index contributed by atoms with van der Waals surface area (Å²) in [4.78, 5) is 14.2. The van der Waals surface area contributed by atoms with Crippen LogP contribution in [0.4, 0.5) is 5.69 Å². The fourth-order valence-corrected chi connectivity index (χ4v) is 2.73. The maximum atomic E-state index is 11.8. The summed E-state index contributed by atoms with van der Waals surface area (Å²) in [7, 11) is 3.52. The molecule has 1 saturated heterocycles. The van der Waals surface area contributed by atoms with Gasteiger partial charge in [-0.3, -0.25) is 0 Å². The topological polar surface area (TPSA) is 41.6 Å². The summed E-state index contributed by atoms with van der Waals surface area (Å²) >= 11 is 5.96. The van der Waals surface area contributed by atoms with E-state index in [9.17, 15) is 4.79 Å². The number of hydrogen-bond donors (Lipinski definition) is 1. The number of esters is 1. The quantitative estimate of drug-likeness (QED) is 0.871. The second-order valence-corrected chi connectivity index (χ2v) is 5.81. The van der Waals surface area contributed by atoms with Crippen molar-refractivity contribution in [3.63, 3.8) is 0 Å². The van der Waals surface area contributed by atoms with E-state index in [1.54, 1.807) is 12.1 Å². The second-order valence-electron chi connectivity index (χ2n) is 5.38. The average molecular weight is 297 g/mol. The summed E-state index contributed by atoms with van der Waals surface area (Å²) in [6, 6.07) is 6.18. The molecule has 2 rings (SSSR count). The molecule has 5 heteroatoms. The molecule has 1 aliphatic rings. The highest BCUT2D eigenvalue weighted by Crippen LogP contribution is 2.25. The Balaban J connectivity index is 2.15. The molecular formula is C15H21ClN2O2. The summed E-state index contributed by atoms with van der Waals surface area (Å²) < 4.78 is 4.81. The van der Waals surface area contributed by atoms with Gasteiger partial charge in [0.15, 0.2) is 0 Å². The van der Waals surface area contributed by atoms with E-state index in [1.807, 2.05) is 6.07 Å². The van der Waals surface area contributed by atoms with Crippen molar-refractivity contribution in [2.24, 2.45) is 0 Å². The van der Waals surface area contributed by atoms with Crippen molar-refractivity contribution < 1.29 is 9.53 Å². The highest BCUT2D eigenvalue weighted by atomic mass is 35.5. The number of benzene rings is 1. The minimum absolute atomic E-state index is 0.365. The van der Waals surface area contributed by atoms with Gasteiger partial charge in [0.2, 0.25) is 0 Å². The molecule has 1 N–H and O–H groups in total. The molecule has 1 heterocycles.